The Morgan fingerprint density at radius 1 is 0.950 bits per heavy atom. The van der Waals surface area contributed by atoms with Gasteiger partial charge < -0.3 is 19.9 Å². The van der Waals surface area contributed by atoms with E-state index in [9.17, 15) is 4.39 Å². The molecular formula is C31H30F2N6O. The Hall–Kier alpha value is -4.27. The van der Waals surface area contributed by atoms with Crippen LogP contribution in [0, 0.1) is 17.6 Å². The quantitative estimate of drug-likeness (QED) is 0.414. The van der Waals surface area contributed by atoms with Crippen LogP contribution in [0.5, 0.6) is 11.8 Å². The summed E-state index contributed by atoms with van der Waals surface area (Å²) >= 11 is 0. The number of aliphatic imine (C=N–C) groups is 1. The molecule has 40 heavy (non-hydrogen) atoms. The average molecular weight is 541 g/mol. The lowest BCUT2D eigenvalue weighted by atomic mass is 10.1. The maximum absolute atomic E-state index is 15.4. The molecular weight excluding hydrogens is 510 g/mol. The zero-order valence-electron chi connectivity index (χ0n) is 22.3. The molecule has 0 amide bonds. The summed E-state index contributed by atoms with van der Waals surface area (Å²) in [4.78, 5) is 18.3. The Bertz CT molecular complexity index is 1560. The highest BCUT2D eigenvalue weighted by Gasteiger charge is 2.28. The molecule has 0 unspecified atom stereocenters. The highest BCUT2D eigenvalue weighted by atomic mass is 19.1. The molecule has 1 aromatic heterocycles. The summed E-state index contributed by atoms with van der Waals surface area (Å²) in [6.07, 6.45) is 6.58. The number of allylic oxidation sites excluding steroid dienone is 1. The fraction of sp³-hybridized carbons (Fsp3) is 0.323. The van der Waals surface area contributed by atoms with Crippen molar-refractivity contribution in [3.8, 4) is 11.8 Å². The lowest BCUT2D eigenvalue weighted by molar-refractivity contribution is 0.406. The standard InChI is InChI=1S/C31H30F2N6O/c1-19-13-23-24(14-19)30(33)26(16-25(23)32)40-31-36-28(35-27-15-21(18-34-27)20-7-8-20)17-29(37-31)39-11-9-38(10-12-39)22-5-3-2-4-6-22/h2-6,14-17,20H,7-13,18H2,1H3,(H,34,35,36,37). The van der Waals surface area contributed by atoms with Gasteiger partial charge in [0.1, 0.15) is 23.3 Å². The smallest absolute Gasteiger partial charge is 0.326 e. The molecule has 3 aromatic rings. The van der Waals surface area contributed by atoms with Crippen LogP contribution in [-0.4, -0.2) is 48.5 Å². The SMILES string of the molecule is CC1=Cc2c(F)c(Oc3nc(NC4=NCC(C5CC5)=C4)cc(N4CCN(c5ccccc5)CC4)n3)cc(F)c2C1. The van der Waals surface area contributed by atoms with E-state index in [1.54, 1.807) is 6.08 Å². The second-order valence-electron chi connectivity index (χ2n) is 10.9. The van der Waals surface area contributed by atoms with Gasteiger partial charge in [-0.3, -0.25) is 4.99 Å². The number of hydrogen-bond acceptors (Lipinski definition) is 7. The van der Waals surface area contributed by atoms with E-state index in [1.807, 2.05) is 31.2 Å². The van der Waals surface area contributed by atoms with Crippen LogP contribution in [-0.2, 0) is 6.42 Å². The lowest BCUT2D eigenvalue weighted by Gasteiger charge is -2.36. The van der Waals surface area contributed by atoms with Crippen LogP contribution in [0.4, 0.5) is 26.1 Å². The van der Waals surface area contributed by atoms with Gasteiger partial charge in [0.2, 0.25) is 0 Å². The minimum Gasteiger partial charge on any atom is -0.421 e. The molecule has 1 N–H and O–H groups in total. The van der Waals surface area contributed by atoms with Crippen molar-refractivity contribution in [3.05, 3.63) is 82.4 Å². The summed E-state index contributed by atoms with van der Waals surface area (Å²) in [5.41, 5.74) is 4.02. The first kappa shape index (κ1) is 24.7. The van der Waals surface area contributed by atoms with Crippen molar-refractivity contribution >= 4 is 29.2 Å². The molecule has 1 saturated heterocycles. The molecule has 1 saturated carbocycles. The maximum atomic E-state index is 15.4. The summed E-state index contributed by atoms with van der Waals surface area (Å²) in [7, 11) is 0. The molecule has 204 valence electrons. The molecule has 0 radical (unpaired) electrons. The van der Waals surface area contributed by atoms with Crippen LogP contribution in [0.15, 0.2) is 64.7 Å². The molecule has 2 aromatic carbocycles. The number of nitrogens with one attached hydrogen (secondary N) is 1. The van der Waals surface area contributed by atoms with Crippen LogP contribution in [0.1, 0.15) is 30.9 Å². The molecule has 2 fully saturated rings. The molecule has 0 spiro atoms. The number of anilines is 3. The Balaban J connectivity index is 1.17. The zero-order chi connectivity index (χ0) is 27.2. The van der Waals surface area contributed by atoms with E-state index in [-0.39, 0.29) is 17.3 Å². The van der Waals surface area contributed by atoms with Crippen molar-refractivity contribution in [2.24, 2.45) is 10.9 Å². The van der Waals surface area contributed by atoms with Gasteiger partial charge in [-0.25, -0.2) is 8.78 Å². The number of aromatic nitrogens is 2. The summed E-state index contributed by atoms with van der Waals surface area (Å²) in [5, 5.41) is 3.30. The molecule has 0 atom stereocenters. The maximum Gasteiger partial charge on any atom is 0.326 e. The van der Waals surface area contributed by atoms with Crippen molar-refractivity contribution in [2.75, 3.05) is 47.8 Å². The number of halogens is 2. The Morgan fingerprint density at radius 2 is 1.73 bits per heavy atom. The minimum absolute atomic E-state index is 0.0487. The highest BCUT2D eigenvalue weighted by molar-refractivity contribution is 6.05. The molecule has 7 rings (SSSR count). The van der Waals surface area contributed by atoms with E-state index < -0.39 is 11.6 Å². The number of benzene rings is 2. The predicted molar refractivity (Wildman–Crippen MR) is 153 cm³/mol. The van der Waals surface area contributed by atoms with Crippen LogP contribution >= 0.6 is 0 Å². The molecule has 2 aliphatic heterocycles. The topological polar surface area (TPSA) is 65.9 Å². The number of piperazine rings is 1. The van der Waals surface area contributed by atoms with E-state index in [0.717, 1.165) is 43.7 Å². The van der Waals surface area contributed by atoms with Crippen LogP contribution in [0.25, 0.3) is 6.08 Å². The number of nitrogens with zero attached hydrogens (tertiary/aromatic N) is 5. The minimum atomic E-state index is -0.606. The Morgan fingerprint density at radius 3 is 2.50 bits per heavy atom. The number of fused-ring (bicyclic) bond motifs is 1. The second-order valence-corrected chi connectivity index (χ2v) is 10.9. The molecule has 3 heterocycles. The molecule has 2 aliphatic carbocycles. The van der Waals surface area contributed by atoms with Crippen molar-refractivity contribution < 1.29 is 13.5 Å². The number of hydrogen-bond donors (Lipinski definition) is 1. The number of para-hydroxylation sites is 1. The van der Waals surface area contributed by atoms with E-state index in [4.69, 9.17) is 4.74 Å². The van der Waals surface area contributed by atoms with Gasteiger partial charge in [-0.15, -0.1) is 0 Å². The van der Waals surface area contributed by atoms with Gasteiger partial charge in [0.25, 0.3) is 0 Å². The first-order valence-electron chi connectivity index (χ1n) is 13.8. The summed E-state index contributed by atoms with van der Waals surface area (Å²) in [5.74, 6) is 1.20. The molecule has 9 heteroatoms. The molecule has 4 aliphatic rings. The van der Waals surface area contributed by atoms with Gasteiger partial charge in [0.15, 0.2) is 11.6 Å². The van der Waals surface area contributed by atoms with Crippen LogP contribution < -0.4 is 19.9 Å². The van der Waals surface area contributed by atoms with E-state index in [1.165, 1.54) is 24.1 Å². The highest BCUT2D eigenvalue weighted by Crippen LogP contribution is 2.38. The molecule has 0 bridgehead atoms. The second kappa shape index (κ2) is 10.0. The number of ether oxygens (including phenoxy) is 1. The molecule has 7 nitrogen and oxygen atoms in total. The van der Waals surface area contributed by atoms with E-state index in [0.29, 0.717) is 36.1 Å². The third kappa shape index (κ3) is 4.92. The summed E-state index contributed by atoms with van der Waals surface area (Å²) in [6.45, 7) is 5.68. The van der Waals surface area contributed by atoms with Crippen LogP contribution in [0.2, 0.25) is 0 Å². The predicted octanol–water partition coefficient (Wildman–Crippen LogP) is 5.99. The third-order valence-electron chi connectivity index (χ3n) is 7.90. The largest absolute Gasteiger partial charge is 0.421 e. The zero-order valence-corrected chi connectivity index (χ0v) is 22.3. The van der Waals surface area contributed by atoms with Crippen LogP contribution in [0.3, 0.4) is 0 Å². The summed E-state index contributed by atoms with van der Waals surface area (Å²) in [6, 6.07) is 13.2. The van der Waals surface area contributed by atoms with Crippen molar-refractivity contribution in [3.63, 3.8) is 0 Å². The van der Waals surface area contributed by atoms with E-state index >= 15 is 4.39 Å². The Kier molecular flexibility index (Phi) is 6.21. The third-order valence-corrected chi connectivity index (χ3v) is 7.90. The normalized spacial score (nSPS) is 18.3. The van der Waals surface area contributed by atoms with Gasteiger partial charge >= 0.3 is 6.01 Å². The Labute approximate surface area is 231 Å². The number of rotatable bonds is 6. The van der Waals surface area contributed by atoms with Gasteiger partial charge in [-0.1, -0.05) is 29.8 Å². The number of amidine groups is 1. The monoisotopic (exact) mass is 540 g/mol. The van der Waals surface area contributed by atoms with E-state index in [2.05, 4.69) is 48.3 Å². The fourth-order valence-corrected chi connectivity index (χ4v) is 5.61. The average Bonchev–Trinajstić information content (AvgIpc) is 3.58. The lowest BCUT2D eigenvalue weighted by Crippen LogP contribution is -2.46. The fourth-order valence-electron chi connectivity index (χ4n) is 5.61. The van der Waals surface area contributed by atoms with Gasteiger partial charge in [-0.2, -0.15) is 9.97 Å². The van der Waals surface area contributed by atoms with Gasteiger partial charge in [-0.05, 0) is 55.9 Å². The first-order valence-corrected chi connectivity index (χ1v) is 13.8. The van der Waals surface area contributed by atoms with Crippen molar-refractivity contribution in [2.45, 2.75) is 26.2 Å². The first-order chi connectivity index (χ1) is 19.5. The van der Waals surface area contributed by atoms with Gasteiger partial charge in [0.05, 0.1) is 6.54 Å². The van der Waals surface area contributed by atoms with Crippen molar-refractivity contribution in [1.82, 2.24) is 9.97 Å². The van der Waals surface area contributed by atoms with Crippen molar-refractivity contribution in [1.29, 1.82) is 0 Å². The van der Waals surface area contributed by atoms with Gasteiger partial charge in [0, 0.05) is 55.1 Å². The summed E-state index contributed by atoms with van der Waals surface area (Å²) < 4.78 is 36.1.